The van der Waals surface area contributed by atoms with E-state index < -0.39 is 0 Å². The molecule has 1 nitrogen and oxygen atoms in total. The van der Waals surface area contributed by atoms with Gasteiger partial charge in [0.25, 0.3) is 0 Å². The Balaban J connectivity index is 0.00000132. The van der Waals surface area contributed by atoms with Gasteiger partial charge < -0.3 is 0 Å². The highest BCUT2D eigenvalue weighted by atomic mass is 35.5. The molecule has 0 aromatic rings. The van der Waals surface area contributed by atoms with E-state index in [1.165, 1.54) is 26.1 Å². The third-order valence-corrected chi connectivity index (χ3v) is 6.71. The van der Waals surface area contributed by atoms with E-state index in [1.54, 1.807) is 44.1 Å². The minimum atomic E-state index is 0. The molecule has 5 rings (SSSR count). The molecule has 4 fully saturated rings. The SMILES string of the molecule is CC1=CC(C)CN(CCC23CC4CC(CC(C4)C2)C3)C1.Cl. The van der Waals surface area contributed by atoms with Crippen molar-refractivity contribution in [2.24, 2.45) is 29.1 Å². The summed E-state index contributed by atoms with van der Waals surface area (Å²) in [5.74, 6) is 4.11. The van der Waals surface area contributed by atoms with Crippen LogP contribution in [0.2, 0.25) is 0 Å². The third kappa shape index (κ3) is 3.20. The van der Waals surface area contributed by atoms with E-state index in [1.807, 2.05) is 0 Å². The highest BCUT2D eigenvalue weighted by molar-refractivity contribution is 5.85. The topological polar surface area (TPSA) is 3.24 Å². The van der Waals surface area contributed by atoms with Crippen molar-refractivity contribution in [1.29, 1.82) is 0 Å². The van der Waals surface area contributed by atoms with E-state index in [0.29, 0.717) is 0 Å². The molecule has 5 aliphatic rings. The summed E-state index contributed by atoms with van der Waals surface area (Å²) in [4.78, 5) is 2.73. The lowest BCUT2D eigenvalue weighted by Gasteiger charge is -2.57. The Labute approximate surface area is 137 Å². The maximum absolute atomic E-state index is 2.73. The Hall–Kier alpha value is -0.0100. The van der Waals surface area contributed by atoms with Gasteiger partial charge in [-0.1, -0.05) is 18.6 Å². The van der Waals surface area contributed by atoms with Crippen molar-refractivity contribution < 1.29 is 0 Å². The van der Waals surface area contributed by atoms with E-state index in [0.717, 1.165) is 29.1 Å². The summed E-state index contributed by atoms with van der Waals surface area (Å²) >= 11 is 0. The maximum Gasteiger partial charge on any atom is 0.0190 e. The van der Waals surface area contributed by atoms with Crippen LogP contribution in [-0.2, 0) is 0 Å². The molecule has 4 aliphatic carbocycles. The van der Waals surface area contributed by atoms with Crippen LogP contribution in [0.1, 0.15) is 58.8 Å². The molecule has 1 heterocycles. The summed E-state index contributed by atoms with van der Waals surface area (Å²) in [7, 11) is 0. The lowest BCUT2D eigenvalue weighted by molar-refractivity contribution is -0.0610. The molecule has 4 saturated carbocycles. The molecule has 0 aromatic heterocycles. The van der Waals surface area contributed by atoms with Crippen LogP contribution in [0.25, 0.3) is 0 Å². The fourth-order valence-corrected chi connectivity index (χ4v) is 6.58. The zero-order valence-electron chi connectivity index (χ0n) is 13.8. The largest absolute Gasteiger partial charge is 0.299 e. The lowest BCUT2D eigenvalue weighted by Crippen LogP contribution is -2.47. The first-order valence-corrected chi connectivity index (χ1v) is 9.00. The van der Waals surface area contributed by atoms with Crippen molar-refractivity contribution in [3.63, 3.8) is 0 Å². The Morgan fingerprint density at radius 3 is 2.19 bits per heavy atom. The first-order chi connectivity index (χ1) is 9.60. The van der Waals surface area contributed by atoms with E-state index in [4.69, 9.17) is 0 Å². The zero-order valence-corrected chi connectivity index (χ0v) is 14.6. The summed E-state index contributed by atoms with van der Waals surface area (Å²) in [6.45, 7) is 8.58. The van der Waals surface area contributed by atoms with Crippen molar-refractivity contribution >= 4 is 12.4 Å². The molecule has 1 atom stereocenters. The molecule has 0 amide bonds. The summed E-state index contributed by atoms with van der Waals surface area (Å²) in [5.41, 5.74) is 2.36. The van der Waals surface area contributed by atoms with Gasteiger partial charge >= 0.3 is 0 Å². The Morgan fingerprint density at radius 2 is 1.67 bits per heavy atom. The van der Waals surface area contributed by atoms with E-state index in [-0.39, 0.29) is 12.4 Å². The normalized spacial score (nSPS) is 45.3. The predicted molar refractivity (Wildman–Crippen MR) is 91.8 cm³/mol. The molecule has 21 heavy (non-hydrogen) atoms. The fourth-order valence-electron chi connectivity index (χ4n) is 6.58. The molecule has 4 bridgehead atoms. The quantitative estimate of drug-likeness (QED) is 0.669. The molecule has 0 radical (unpaired) electrons. The van der Waals surface area contributed by atoms with Gasteiger partial charge in [0.1, 0.15) is 0 Å². The van der Waals surface area contributed by atoms with Crippen molar-refractivity contribution in [2.75, 3.05) is 19.6 Å². The molecule has 0 saturated heterocycles. The van der Waals surface area contributed by atoms with Crippen LogP contribution in [-0.4, -0.2) is 24.5 Å². The molecule has 1 aliphatic heterocycles. The second-order valence-corrected chi connectivity index (χ2v) is 8.89. The van der Waals surface area contributed by atoms with Gasteiger partial charge in [0.2, 0.25) is 0 Å². The molecule has 0 aromatic carbocycles. The number of hydrogen-bond donors (Lipinski definition) is 0. The number of rotatable bonds is 3. The van der Waals surface area contributed by atoms with Gasteiger partial charge in [0, 0.05) is 13.1 Å². The van der Waals surface area contributed by atoms with Gasteiger partial charge in [-0.25, -0.2) is 0 Å². The summed E-state index contributed by atoms with van der Waals surface area (Å²) in [6, 6.07) is 0. The van der Waals surface area contributed by atoms with Crippen LogP contribution in [0.4, 0.5) is 0 Å². The van der Waals surface area contributed by atoms with Crippen LogP contribution in [0.5, 0.6) is 0 Å². The lowest BCUT2D eigenvalue weighted by atomic mass is 9.49. The second-order valence-electron chi connectivity index (χ2n) is 8.89. The molecule has 0 spiro atoms. The molecular formula is C19H32ClN. The fraction of sp³-hybridized carbons (Fsp3) is 0.895. The number of nitrogens with zero attached hydrogens (tertiary/aromatic N) is 1. The Bertz CT molecular complexity index is 379. The number of hydrogen-bond acceptors (Lipinski definition) is 1. The molecule has 2 heteroatoms. The smallest absolute Gasteiger partial charge is 0.0190 e. The standard InChI is InChI=1S/C19H31N.ClH/c1-14-5-15(2)13-20(12-14)4-3-19-9-16-6-17(10-19)8-18(7-16)11-19;/h5,14,16-18H,3-4,6-13H2,1-2H3;1H. The highest BCUT2D eigenvalue weighted by Gasteiger charge is 2.50. The predicted octanol–water partition coefficient (Wildman–Crippen LogP) is 4.91. The van der Waals surface area contributed by atoms with Crippen LogP contribution in [0, 0.1) is 29.1 Å². The molecule has 0 N–H and O–H groups in total. The Kier molecular flexibility index (Phi) is 4.45. The van der Waals surface area contributed by atoms with Gasteiger partial charge in [-0.05, 0) is 87.5 Å². The summed E-state index contributed by atoms with van der Waals surface area (Å²) < 4.78 is 0. The molecule has 120 valence electrons. The maximum atomic E-state index is 2.73. The Morgan fingerprint density at radius 1 is 1.10 bits per heavy atom. The monoisotopic (exact) mass is 309 g/mol. The second kappa shape index (κ2) is 5.89. The minimum Gasteiger partial charge on any atom is -0.299 e. The first-order valence-electron chi connectivity index (χ1n) is 9.00. The van der Waals surface area contributed by atoms with Crippen molar-refractivity contribution in [2.45, 2.75) is 58.8 Å². The summed E-state index contributed by atoms with van der Waals surface area (Å²) in [6.07, 6.45) is 13.5. The van der Waals surface area contributed by atoms with Gasteiger partial charge in [-0.3, -0.25) is 4.90 Å². The number of halogens is 1. The highest BCUT2D eigenvalue weighted by Crippen LogP contribution is 2.61. The van der Waals surface area contributed by atoms with E-state index in [9.17, 15) is 0 Å². The molecular weight excluding hydrogens is 278 g/mol. The zero-order chi connectivity index (χ0) is 13.7. The van der Waals surface area contributed by atoms with Gasteiger partial charge in [-0.15, -0.1) is 12.4 Å². The van der Waals surface area contributed by atoms with Crippen LogP contribution in [0.15, 0.2) is 11.6 Å². The van der Waals surface area contributed by atoms with Gasteiger partial charge in [-0.2, -0.15) is 0 Å². The van der Waals surface area contributed by atoms with Crippen LogP contribution < -0.4 is 0 Å². The van der Waals surface area contributed by atoms with E-state index in [2.05, 4.69) is 24.8 Å². The van der Waals surface area contributed by atoms with Crippen molar-refractivity contribution in [3.8, 4) is 0 Å². The average molecular weight is 310 g/mol. The first kappa shape index (κ1) is 15.9. The van der Waals surface area contributed by atoms with Crippen molar-refractivity contribution in [3.05, 3.63) is 11.6 Å². The van der Waals surface area contributed by atoms with Crippen molar-refractivity contribution in [1.82, 2.24) is 4.90 Å². The average Bonchev–Trinajstić information content (AvgIpc) is 2.34. The van der Waals surface area contributed by atoms with Gasteiger partial charge in [0.15, 0.2) is 0 Å². The molecule has 1 unspecified atom stereocenters. The third-order valence-electron chi connectivity index (χ3n) is 6.71. The summed E-state index contributed by atoms with van der Waals surface area (Å²) in [5, 5.41) is 0. The van der Waals surface area contributed by atoms with Crippen LogP contribution in [0.3, 0.4) is 0 Å². The van der Waals surface area contributed by atoms with E-state index >= 15 is 0 Å². The minimum absolute atomic E-state index is 0. The van der Waals surface area contributed by atoms with Gasteiger partial charge in [0.05, 0.1) is 0 Å². The van der Waals surface area contributed by atoms with Crippen LogP contribution >= 0.6 is 12.4 Å².